The van der Waals surface area contributed by atoms with Crippen LogP contribution in [0.1, 0.15) is 28.0 Å². The summed E-state index contributed by atoms with van der Waals surface area (Å²) < 4.78 is 57.6. The van der Waals surface area contributed by atoms with Crippen molar-refractivity contribution >= 4 is 23.6 Å². The minimum atomic E-state index is -4.81. The average Bonchev–Trinajstić information content (AvgIpc) is 2.77. The predicted molar refractivity (Wildman–Crippen MR) is 112 cm³/mol. The number of anilines is 1. The quantitative estimate of drug-likeness (QED) is 0.353. The van der Waals surface area contributed by atoms with Crippen LogP contribution >= 0.6 is 0 Å². The van der Waals surface area contributed by atoms with Gasteiger partial charge in [0.15, 0.2) is 0 Å². The number of ether oxygens (including phenoxy) is 1. The van der Waals surface area contributed by atoms with E-state index in [1.807, 2.05) is 0 Å². The molecule has 0 aliphatic carbocycles. The number of halogens is 4. The van der Waals surface area contributed by atoms with Gasteiger partial charge in [-0.25, -0.2) is 4.39 Å². The van der Waals surface area contributed by atoms with E-state index in [0.29, 0.717) is 55.7 Å². The number of nitrogens with one attached hydrogen (secondary N) is 2. The Morgan fingerprint density at radius 3 is 2.73 bits per heavy atom. The van der Waals surface area contributed by atoms with Crippen LogP contribution in [0.15, 0.2) is 47.8 Å². The topological polar surface area (TPSA) is 95.4 Å². The molecule has 1 aliphatic rings. The van der Waals surface area contributed by atoms with Crippen molar-refractivity contribution in [3.05, 3.63) is 70.4 Å². The maximum Gasteiger partial charge on any atom is 0.416 e. The molecule has 0 saturated carbocycles. The molecular weight excluding hydrogens is 444 g/mol. The molecule has 0 unspecified atom stereocenters. The molecule has 0 fully saturated rings. The van der Waals surface area contributed by atoms with Gasteiger partial charge < -0.3 is 20.4 Å². The van der Waals surface area contributed by atoms with Gasteiger partial charge in [-0.05, 0) is 30.3 Å². The number of nitrogens with zero attached hydrogens (tertiary/aromatic N) is 2. The number of hydrogen-bond donors (Lipinski definition) is 2. The van der Waals surface area contributed by atoms with Crippen LogP contribution in [-0.4, -0.2) is 54.6 Å². The molecule has 0 radical (unpaired) electrons. The molecule has 174 valence electrons. The summed E-state index contributed by atoms with van der Waals surface area (Å²) in [4.78, 5) is 30.7. The van der Waals surface area contributed by atoms with Crippen LogP contribution in [0.3, 0.4) is 0 Å². The number of carbonyl (C=O) groups excluding carboxylic acids is 2. The van der Waals surface area contributed by atoms with E-state index in [1.54, 1.807) is 4.90 Å². The number of amides is 1. The Morgan fingerprint density at radius 2 is 2.06 bits per heavy atom. The summed E-state index contributed by atoms with van der Waals surface area (Å²) in [5.41, 5.74) is -1.04. The Labute approximate surface area is 186 Å². The van der Waals surface area contributed by atoms with Crippen LogP contribution in [-0.2, 0) is 15.7 Å². The van der Waals surface area contributed by atoms with E-state index in [2.05, 4.69) is 10.3 Å². The van der Waals surface area contributed by atoms with Crippen LogP contribution in [0.2, 0.25) is 0 Å². The van der Waals surface area contributed by atoms with Crippen LogP contribution in [0, 0.1) is 11.2 Å². The maximum absolute atomic E-state index is 13.7. The zero-order valence-electron chi connectivity index (χ0n) is 17.5. The van der Waals surface area contributed by atoms with Gasteiger partial charge in [0, 0.05) is 56.0 Å². The van der Waals surface area contributed by atoms with Gasteiger partial charge in [0.25, 0.3) is 5.91 Å². The van der Waals surface area contributed by atoms with Gasteiger partial charge in [-0.15, -0.1) is 0 Å². The zero-order chi connectivity index (χ0) is 24.2. The second-order valence-corrected chi connectivity index (χ2v) is 7.18. The van der Waals surface area contributed by atoms with Gasteiger partial charge in [-0.2, -0.15) is 13.2 Å². The number of benzene rings is 1. The first-order valence-electron chi connectivity index (χ1n) is 9.81. The molecule has 0 saturated heterocycles. The van der Waals surface area contributed by atoms with Crippen molar-refractivity contribution in [2.45, 2.75) is 12.6 Å². The highest BCUT2D eigenvalue weighted by molar-refractivity contribution is 6.13. The lowest BCUT2D eigenvalue weighted by molar-refractivity contribution is -0.137. The van der Waals surface area contributed by atoms with E-state index in [0.717, 1.165) is 6.21 Å². The number of aromatic nitrogens is 1. The monoisotopic (exact) mass is 464 g/mol. The van der Waals surface area contributed by atoms with Gasteiger partial charge in [-0.1, -0.05) is 0 Å². The summed E-state index contributed by atoms with van der Waals surface area (Å²) in [5.74, 6) is -2.43. The summed E-state index contributed by atoms with van der Waals surface area (Å²) in [6.45, 7) is 1.12. The van der Waals surface area contributed by atoms with Gasteiger partial charge >= 0.3 is 6.18 Å². The first-order valence-corrected chi connectivity index (χ1v) is 9.81. The Morgan fingerprint density at radius 1 is 1.30 bits per heavy atom. The number of hydrogen-bond acceptors (Lipinski definition) is 6. The summed E-state index contributed by atoms with van der Waals surface area (Å²) >= 11 is 0. The molecule has 0 atom stereocenters. The number of methoxy groups -OCH3 is 1. The normalized spacial score (nSPS) is 14.5. The highest BCUT2D eigenvalue weighted by atomic mass is 19.4. The fourth-order valence-corrected chi connectivity index (χ4v) is 3.31. The van der Waals surface area contributed by atoms with Gasteiger partial charge in [-0.3, -0.25) is 14.6 Å². The molecule has 0 spiro atoms. The second-order valence-electron chi connectivity index (χ2n) is 7.18. The van der Waals surface area contributed by atoms with Crippen molar-refractivity contribution in [3.63, 3.8) is 0 Å². The molecule has 3 rings (SSSR count). The van der Waals surface area contributed by atoms with Crippen molar-refractivity contribution in [2.75, 3.05) is 32.1 Å². The lowest BCUT2D eigenvalue weighted by Crippen LogP contribution is -2.40. The molecule has 11 heteroatoms. The first kappa shape index (κ1) is 24.1. The molecular formula is C22H20F4N4O3. The Bertz CT molecular complexity index is 1120. The van der Waals surface area contributed by atoms with E-state index in [4.69, 9.17) is 10.1 Å². The number of pyridine rings is 1. The van der Waals surface area contributed by atoms with E-state index in [9.17, 15) is 27.2 Å². The Hall–Kier alpha value is -3.60. The van der Waals surface area contributed by atoms with Crippen LogP contribution in [0.5, 0.6) is 0 Å². The van der Waals surface area contributed by atoms with Crippen molar-refractivity contribution in [1.82, 2.24) is 9.88 Å². The molecule has 1 aliphatic heterocycles. The van der Waals surface area contributed by atoms with Crippen molar-refractivity contribution in [2.24, 2.45) is 0 Å². The molecule has 2 aromatic rings. The number of alkyl halides is 3. The number of carbonyl (C=O) groups is 2. The van der Waals surface area contributed by atoms with E-state index in [1.165, 1.54) is 25.4 Å². The standard InChI is InChI=1S/C22H20F4N4O3/c1-33-7-6-30-5-3-18(17(12-27)21(30)32)29-16-2-4-28-19(11-16)20(31)13-8-14(22(24,25)26)10-15(23)9-13/h2,4,8-12,27H,3,5-7H2,1H3,(H,28,29). The van der Waals surface area contributed by atoms with E-state index in [-0.39, 0.29) is 17.2 Å². The van der Waals surface area contributed by atoms with Gasteiger partial charge in [0.05, 0.1) is 17.7 Å². The van der Waals surface area contributed by atoms with Crippen LogP contribution < -0.4 is 5.32 Å². The third kappa shape index (κ3) is 5.61. The minimum absolute atomic E-state index is 0.141. The molecule has 2 heterocycles. The smallest absolute Gasteiger partial charge is 0.383 e. The Balaban J connectivity index is 1.86. The summed E-state index contributed by atoms with van der Waals surface area (Å²) in [7, 11) is 1.52. The zero-order valence-corrected chi connectivity index (χ0v) is 17.5. The van der Waals surface area contributed by atoms with Crippen LogP contribution in [0.25, 0.3) is 0 Å². The van der Waals surface area contributed by atoms with Crippen LogP contribution in [0.4, 0.5) is 23.2 Å². The maximum atomic E-state index is 13.7. The third-order valence-corrected chi connectivity index (χ3v) is 4.96. The molecule has 0 bridgehead atoms. The largest absolute Gasteiger partial charge is 0.416 e. The summed E-state index contributed by atoms with van der Waals surface area (Å²) in [6, 6.07) is 4.38. The van der Waals surface area contributed by atoms with Gasteiger partial charge in [0.1, 0.15) is 11.5 Å². The van der Waals surface area contributed by atoms with E-state index >= 15 is 0 Å². The SMILES string of the molecule is COCCN1CCC(Nc2ccnc(C(=O)c3cc(F)cc(C(F)(F)F)c3)c2)=C(C=N)C1=O. The second kappa shape index (κ2) is 9.90. The molecule has 1 aromatic carbocycles. The highest BCUT2D eigenvalue weighted by Crippen LogP contribution is 2.31. The van der Waals surface area contributed by atoms with Crippen molar-refractivity contribution in [1.29, 1.82) is 5.41 Å². The number of rotatable bonds is 8. The predicted octanol–water partition coefficient (Wildman–Crippen LogP) is 3.66. The summed E-state index contributed by atoms with van der Waals surface area (Å²) in [5, 5.41) is 10.6. The fourth-order valence-electron chi connectivity index (χ4n) is 3.31. The fraction of sp³-hybridized carbons (Fsp3) is 0.273. The number of ketones is 1. The van der Waals surface area contributed by atoms with Crippen molar-refractivity contribution < 1.29 is 31.9 Å². The lowest BCUT2D eigenvalue weighted by atomic mass is 10.0. The molecule has 33 heavy (non-hydrogen) atoms. The average molecular weight is 464 g/mol. The molecule has 7 nitrogen and oxygen atoms in total. The highest BCUT2D eigenvalue weighted by Gasteiger charge is 2.32. The summed E-state index contributed by atoms with van der Waals surface area (Å²) in [6.07, 6.45) is -2.21. The van der Waals surface area contributed by atoms with Crippen molar-refractivity contribution in [3.8, 4) is 0 Å². The Kier molecular flexibility index (Phi) is 7.22. The van der Waals surface area contributed by atoms with Gasteiger partial charge in [0.2, 0.25) is 5.78 Å². The first-order chi connectivity index (χ1) is 15.6. The molecule has 1 amide bonds. The minimum Gasteiger partial charge on any atom is -0.383 e. The third-order valence-electron chi connectivity index (χ3n) is 4.96. The molecule has 1 aromatic heterocycles. The molecule has 2 N–H and O–H groups in total. The lowest BCUT2D eigenvalue weighted by Gasteiger charge is -2.29. The van der Waals surface area contributed by atoms with E-state index < -0.39 is 28.9 Å².